The molecular formula is C12H16Cl3NO. The molecule has 1 aromatic rings. The number of ether oxygens (including phenoxy) is 1. The van der Waals surface area contributed by atoms with Gasteiger partial charge in [-0.05, 0) is 25.5 Å². The van der Waals surface area contributed by atoms with Gasteiger partial charge in [-0.15, -0.1) is 0 Å². The Kier molecular flexibility index (Phi) is 6.42. The number of nitrogens with one attached hydrogen (secondary N) is 1. The first kappa shape index (κ1) is 14.9. The van der Waals surface area contributed by atoms with Crippen molar-refractivity contribution in [3.8, 4) is 5.75 Å². The lowest BCUT2D eigenvalue weighted by atomic mass is 10.3. The molecule has 1 N–H and O–H groups in total. The van der Waals surface area contributed by atoms with Crippen molar-refractivity contribution in [3.63, 3.8) is 0 Å². The minimum Gasteiger partial charge on any atom is -0.489 e. The monoisotopic (exact) mass is 295 g/mol. The molecule has 0 radical (unpaired) electrons. The summed E-state index contributed by atoms with van der Waals surface area (Å²) in [7, 11) is 0. The number of benzene rings is 1. The van der Waals surface area contributed by atoms with E-state index >= 15 is 0 Å². The second kappa shape index (κ2) is 7.32. The van der Waals surface area contributed by atoms with Gasteiger partial charge in [0.25, 0.3) is 0 Å². The molecule has 0 saturated heterocycles. The van der Waals surface area contributed by atoms with Crippen LogP contribution < -0.4 is 10.1 Å². The van der Waals surface area contributed by atoms with Crippen molar-refractivity contribution >= 4 is 34.8 Å². The maximum Gasteiger partial charge on any atom is 0.156 e. The van der Waals surface area contributed by atoms with Crippen LogP contribution in [0, 0.1) is 0 Å². The van der Waals surface area contributed by atoms with Crippen LogP contribution in [0.15, 0.2) is 12.1 Å². The maximum atomic E-state index is 5.99. The minimum absolute atomic E-state index is 0.436. The Labute approximate surface area is 117 Å². The van der Waals surface area contributed by atoms with Gasteiger partial charge in [-0.3, -0.25) is 0 Å². The van der Waals surface area contributed by atoms with Gasteiger partial charge < -0.3 is 10.1 Å². The summed E-state index contributed by atoms with van der Waals surface area (Å²) in [6.45, 7) is 5.53. The van der Waals surface area contributed by atoms with E-state index in [-0.39, 0.29) is 0 Å². The van der Waals surface area contributed by atoms with Gasteiger partial charge in [0.05, 0.1) is 10.0 Å². The lowest BCUT2D eigenvalue weighted by molar-refractivity contribution is 0.306. The Morgan fingerprint density at radius 2 is 1.82 bits per heavy atom. The first-order chi connectivity index (χ1) is 8.04. The average molecular weight is 297 g/mol. The van der Waals surface area contributed by atoms with E-state index in [2.05, 4.69) is 19.2 Å². The topological polar surface area (TPSA) is 21.3 Å². The summed E-state index contributed by atoms with van der Waals surface area (Å²) in [5, 5.41) is 4.69. The van der Waals surface area contributed by atoms with Gasteiger partial charge in [-0.2, -0.15) is 0 Å². The van der Waals surface area contributed by atoms with E-state index in [1.54, 1.807) is 12.1 Å². The van der Waals surface area contributed by atoms with Crippen LogP contribution in [0.5, 0.6) is 5.75 Å². The highest BCUT2D eigenvalue weighted by Crippen LogP contribution is 2.35. The molecule has 0 aliphatic rings. The zero-order valence-corrected chi connectivity index (χ0v) is 12.2. The Balaban J connectivity index is 2.47. The number of hydrogen-bond acceptors (Lipinski definition) is 2. The van der Waals surface area contributed by atoms with Crippen LogP contribution in [-0.2, 0) is 0 Å². The molecule has 2 nitrogen and oxygen atoms in total. The predicted molar refractivity (Wildman–Crippen MR) is 74.7 cm³/mol. The van der Waals surface area contributed by atoms with Gasteiger partial charge in [0.2, 0.25) is 0 Å². The summed E-state index contributed by atoms with van der Waals surface area (Å²) in [5.74, 6) is 0.490. The maximum absolute atomic E-state index is 5.99. The third-order valence-electron chi connectivity index (χ3n) is 2.42. The number of halogens is 3. The van der Waals surface area contributed by atoms with E-state index in [9.17, 15) is 0 Å². The van der Waals surface area contributed by atoms with Crippen molar-refractivity contribution in [2.75, 3.05) is 13.2 Å². The third-order valence-corrected chi connectivity index (χ3v) is 3.20. The molecule has 17 heavy (non-hydrogen) atoms. The molecule has 0 heterocycles. The zero-order valence-electron chi connectivity index (χ0n) is 9.90. The van der Waals surface area contributed by atoms with Crippen molar-refractivity contribution in [2.24, 2.45) is 0 Å². The lowest BCUT2D eigenvalue weighted by Crippen LogP contribution is -2.29. The normalized spacial score (nSPS) is 12.5. The van der Waals surface area contributed by atoms with Crippen LogP contribution >= 0.6 is 34.8 Å². The second-order valence-corrected chi connectivity index (χ2v) is 5.06. The zero-order chi connectivity index (χ0) is 12.8. The third kappa shape index (κ3) is 4.92. The average Bonchev–Trinajstić information content (AvgIpc) is 2.26. The van der Waals surface area contributed by atoms with Crippen molar-refractivity contribution < 1.29 is 4.74 Å². The van der Waals surface area contributed by atoms with Crippen LogP contribution in [0.3, 0.4) is 0 Å². The Hall–Kier alpha value is -0.150. The standard InChI is InChI=1S/C12H16Cl3NO/c1-3-8(2)16-4-5-17-12-10(14)6-9(13)7-11(12)15/h6-8,16H,3-5H2,1-2H3/t8-/m0/s1. The predicted octanol–water partition coefficient (Wildman–Crippen LogP) is 4.41. The summed E-state index contributed by atoms with van der Waals surface area (Å²) in [4.78, 5) is 0. The number of hydrogen-bond donors (Lipinski definition) is 1. The Bertz CT molecular complexity index is 348. The van der Waals surface area contributed by atoms with Crippen molar-refractivity contribution in [3.05, 3.63) is 27.2 Å². The van der Waals surface area contributed by atoms with Gasteiger partial charge in [-0.25, -0.2) is 0 Å². The van der Waals surface area contributed by atoms with Gasteiger partial charge in [0.1, 0.15) is 6.61 Å². The van der Waals surface area contributed by atoms with E-state index < -0.39 is 0 Å². The highest BCUT2D eigenvalue weighted by molar-refractivity contribution is 6.40. The van der Waals surface area contributed by atoms with Crippen molar-refractivity contribution in [2.45, 2.75) is 26.3 Å². The SMILES string of the molecule is CC[C@H](C)NCCOc1c(Cl)cc(Cl)cc1Cl. The summed E-state index contributed by atoms with van der Waals surface area (Å²) in [6, 6.07) is 3.72. The molecule has 0 aliphatic heterocycles. The van der Waals surface area contributed by atoms with Gasteiger partial charge >= 0.3 is 0 Å². The fourth-order valence-electron chi connectivity index (χ4n) is 1.27. The van der Waals surface area contributed by atoms with Crippen LogP contribution in [-0.4, -0.2) is 19.2 Å². The smallest absolute Gasteiger partial charge is 0.156 e. The lowest BCUT2D eigenvalue weighted by Gasteiger charge is -2.13. The molecule has 96 valence electrons. The summed E-state index contributed by atoms with van der Waals surface area (Å²) in [6.07, 6.45) is 1.09. The van der Waals surface area contributed by atoms with E-state index in [0.717, 1.165) is 13.0 Å². The molecule has 0 unspecified atom stereocenters. The summed E-state index contributed by atoms with van der Waals surface area (Å²) < 4.78 is 5.53. The summed E-state index contributed by atoms with van der Waals surface area (Å²) >= 11 is 17.8. The van der Waals surface area contributed by atoms with Gasteiger partial charge in [0.15, 0.2) is 5.75 Å². The molecule has 1 atom stereocenters. The molecule has 1 rings (SSSR count). The molecule has 1 aromatic carbocycles. The molecule has 5 heteroatoms. The molecule has 0 bridgehead atoms. The first-order valence-corrected chi connectivity index (χ1v) is 6.68. The molecule has 0 saturated carbocycles. The van der Waals surface area contributed by atoms with Crippen LogP contribution in [0.4, 0.5) is 0 Å². The molecule has 0 spiro atoms. The first-order valence-electron chi connectivity index (χ1n) is 5.55. The van der Waals surface area contributed by atoms with E-state index in [1.807, 2.05) is 0 Å². The van der Waals surface area contributed by atoms with Crippen molar-refractivity contribution in [1.29, 1.82) is 0 Å². The summed E-state index contributed by atoms with van der Waals surface area (Å²) in [5.41, 5.74) is 0. The fraction of sp³-hybridized carbons (Fsp3) is 0.500. The molecule has 0 aliphatic carbocycles. The molecule has 0 fully saturated rings. The Morgan fingerprint density at radius 3 is 2.35 bits per heavy atom. The van der Waals surface area contributed by atoms with E-state index in [4.69, 9.17) is 39.5 Å². The minimum atomic E-state index is 0.436. The molecule has 0 aromatic heterocycles. The van der Waals surface area contributed by atoms with Crippen LogP contribution in [0.1, 0.15) is 20.3 Å². The molecular weight excluding hydrogens is 280 g/mol. The van der Waals surface area contributed by atoms with Gasteiger partial charge in [-0.1, -0.05) is 41.7 Å². The quantitative estimate of drug-likeness (QED) is 0.785. The Morgan fingerprint density at radius 1 is 1.24 bits per heavy atom. The van der Waals surface area contributed by atoms with E-state index in [1.165, 1.54) is 0 Å². The number of rotatable bonds is 6. The van der Waals surface area contributed by atoms with Crippen LogP contribution in [0.25, 0.3) is 0 Å². The van der Waals surface area contributed by atoms with Crippen LogP contribution in [0.2, 0.25) is 15.1 Å². The highest BCUT2D eigenvalue weighted by Gasteiger charge is 2.09. The second-order valence-electron chi connectivity index (χ2n) is 3.81. The fourth-order valence-corrected chi connectivity index (χ4v) is 2.20. The van der Waals surface area contributed by atoms with Gasteiger partial charge in [0, 0.05) is 17.6 Å². The largest absolute Gasteiger partial charge is 0.489 e. The van der Waals surface area contributed by atoms with Crippen molar-refractivity contribution in [1.82, 2.24) is 5.32 Å². The molecule has 0 amide bonds. The highest BCUT2D eigenvalue weighted by atomic mass is 35.5. The van der Waals surface area contributed by atoms with E-state index in [0.29, 0.717) is 33.5 Å².